The molecule has 0 bridgehead atoms. The van der Waals surface area contributed by atoms with E-state index in [-0.39, 0.29) is 0 Å². The summed E-state index contributed by atoms with van der Waals surface area (Å²) in [6.07, 6.45) is 4.49. The van der Waals surface area contributed by atoms with Crippen LogP contribution in [0.3, 0.4) is 0 Å². The van der Waals surface area contributed by atoms with Crippen LogP contribution >= 0.6 is 15.9 Å². The second kappa shape index (κ2) is 6.64. The van der Waals surface area contributed by atoms with E-state index in [0.29, 0.717) is 12.1 Å². The highest BCUT2D eigenvalue weighted by atomic mass is 79.9. The average molecular weight is 312 g/mol. The van der Waals surface area contributed by atoms with Gasteiger partial charge in [0.25, 0.3) is 0 Å². The lowest BCUT2D eigenvalue weighted by atomic mass is 10.2. The zero-order valence-electron chi connectivity index (χ0n) is 11.2. The number of rotatable bonds is 5. The minimum atomic E-state index is 0.568. The van der Waals surface area contributed by atoms with Crippen molar-refractivity contribution in [1.82, 2.24) is 15.2 Å². The minimum Gasteiger partial charge on any atom is -0.313 e. The molecule has 3 nitrogen and oxygen atoms in total. The van der Waals surface area contributed by atoms with E-state index in [2.05, 4.69) is 57.1 Å². The number of hydrogen-bond donors (Lipinski definition) is 1. The van der Waals surface area contributed by atoms with Crippen molar-refractivity contribution in [3.63, 3.8) is 0 Å². The van der Waals surface area contributed by atoms with Crippen LogP contribution in [0.2, 0.25) is 0 Å². The van der Waals surface area contributed by atoms with Gasteiger partial charge in [-0.2, -0.15) is 0 Å². The molecule has 0 amide bonds. The van der Waals surface area contributed by atoms with Gasteiger partial charge in [0.1, 0.15) is 0 Å². The van der Waals surface area contributed by atoms with Crippen molar-refractivity contribution in [1.29, 1.82) is 0 Å². The summed E-state index contributed by atoms with van der Waals surface area (Å²) in [6, 6.07) is 5.41. The van der Waals surface area contributed by atoms with E-state index in [4.69, 9.17) is 0 Å². The molecule has 0 saturated carbocycles. The first-order valence-electron chi connectivity index (χ1n) is 6.73. The van der Waals surface area contributed by atoms with Crippen LogP contribution in [0, 0.1) is 0 Å². The molecule has 0 aliphatic carbocycles. The first-order valence-corrected chi connectivity index (χ1v) is 7.52. The van der Waals surface area contributed by atoms with Gasteiger partial charge in [-0.15, -0.1) is 0 Å². The third kappa shape index (κ3) is 4.04. The summed E-state index contributed by atoms with van der Waals surface area (Å²) in [4.78, 5) is 7.01. The van der Waals surface area contributed by atoms with Gasteiger partial charge in [-0.1, -0.05) is 13.8 Å². The molecule has 0 radical (unpaired) electrons. The van der Waals surface area contributed by atoms with E-state index in [1.807, 2.05) is 6.20 Å². The molecular weight excluding hydrogens is 290 g/mol. The maximum Gasteiger partial charge on any atom is 0.0544 e. The number of halogens is 1. The Morgan fingerprint density at radius 2 is 2.33 bits per heavy atom. The van der Waals surface area contributed by atoms with E-state index in [0.717, 1.165) is 23.3 Å². The molecule has 1 atom stereocenters. The van der Waals surface area contributed by atoms with Gasteiger partial charge in [0, 0.05) is 35.8 Å². The molecule has 1 aliphatic heterocycles. The van der Waals surface area contributed by atoms with Gasteiger partial charge in [-0.05, 0) is 47.4 Å². The van der Waals surface area contributed by atoms with Crippen molar-refractivity contribution in [2.75, 3.05) is 13.1 Å². The van der Waals surface area contributed by atoms with E-state index < -0.39 is 0 Å². The Hall–Kier alpha value is -0.450. The zero-order valence-corrected chi connectivity index (χ0v) is 12.8. The number of aromatic nitrogens is 1. The van der Waals surface area contributed by atoms with Crippen molar-refractivity contribution < 1.29 is 0 Å². The molecule has 1 aromatic rings. The Bertz CT molecular complexity index is 364. The second-order valence-corrected chi connectivity index (χ2v) is 6.21. The topological polar surface area (TPSA) is 28.2 Å². The van der Waals surface area contributed by atoms with Gasteiger partial charge < -0.3 is 5.32 Å². The molecule has 1 N–H and O–H groups in total. The minimum absolute atomic E-state index is 0.568. The van der Waals surface area contributed by atoms with Crippen molar-refractivity contribution in [2.24, 2.45) is 0 Å². The Kier molecular flexibility index (Phi) is 5.15. The first kappa shape index (κ1) is 14.0. The third-order valence-electron chi connectivity index (χ3n) is 3.41. The molecule has 1 saturated heterocycles. The van der Waals surface area contributed by atoms with Crippen LogP contribution in [0.4, 0.5) is 0 Å². The number of nitrogens with one attached hydrogen (secondary N) is 1. The summed E-state index contributed by atoms with van der Waals surface area (Å²) in [6.45, 7) is 7.67. The van der Waals surface area contributed by atoms with E-state index in [1.54, 1.807) is 0 Å². The van der Waals surface area contributed by atoms with Gasteiger partial charge in [0.2, 0.25) is 0 Å². The molecule has 100 valence electrons. The third-order valence-corrected chi connectivity index (χ3v) is 3.88. The largest absolute Gasteiger partial charge is 0.313 e. The zero-order chi connectivity index (χ0) is 13.0. The predicted molar refractivity (Wildman–Crippen MR) is 78.5 cm³/mol. The summed E-state index contributed by atoms with van der Waals surface area (Å²) in [5, 5.41) is 3.54. The molecule has 1 unspecified atom stereocenters. The highest BCUT2D eigenvalue weighted by molar-refractivity contribution is 9.10. The quantitative estimate of drug-likeness (QED) is 0.906. The van der Waals surface area contributed by atoms with Crippen molar-refractivity contribution in [2.45, 2.75) is 45.3 Å². The smallest absolute Gasteiger partial charge is 0.0544 e. The maximum absolute atomic E-state index is 4.46. The van der Waals surface area contributed by atoms with Gasteiger partial charge in [0.05, 0.1) is 5.69 Å². The first-order chi connectivity index (χ1) is 8.65. The lowest BCUT2D eigenvalue weighted by Gasteiger charge is -2.25. The van der Waals surface area contributed by atoms with Crippen LogP contribution in [0.15, 0.2) is 22.8 Å². The Morgan fingerprint density at radius 1 is 1.50 bits per heavy atom. The van der Waals surface area contributed by atoms with Gasteiger partial charge in [-0.3, -0.25) is 9.88 Å². The van der Waals surface area contributed by atoms with Crippen LogP contribution in [-0.4, -0.2) is 35.1 Å². The fourth-order valence-corrected chi connectivity index (χ4v) is 2.65. The summed E-state index contributed by atoms with van der Waals surface area (Å²) < 4.78 is 1.05. The summed E-state index contributed by atoms with van der Waals surface area (Å²) in [5.74, 6) is 0. The van der Waals surface area contributed by atoms with Gasteiger partial charge in [0.15, 0.2) is 0 Å². The number of pyridine rings is 1. The summed E-state index contributed by atoms with van der Waals surface area (Å²) in [5.41, 5.74) is 1.16. The Morgan fingerprint density at radius 3 is 3.00 bits per heavy atom. The fourth-order valence-electron chi connectivity index (χ4n) is 2.41. The van der Waals surface area contributed by atoms with E-state index in [1.165, 1.54) is 19.4 Å². The van der Waals surface area contributed by atoms with Gasteiger partial charge >= 0.3 is 0 Å². The average Bonchev–Trinajstić information content (AvgIpc) is 2.77. The normalized spacial score (nSPS) is 20.8. The number of hydrogen-bond acceptors (Lipinski definition) is 3. The van der Waals surface area contributed by atoms with Crippen LogP contribution in [-0.2, 0) is 6.54 Å². The summed E-state index contributed by atoms with van der Waals surface area (Å²) >= 11 is 3.42. The van der Waals surface area contributed by atoms with Crippen LogP contribution in [0.5, 0.6) is 0 Å². The Balaban J connectivity index is 1.89. The molecule has 0 spiro atoms. The van der Waals surface area contributed by atoms with E-state index >= 15 is 0 Å². The molecule has 18 heavy (non-hydrogen) atoms. The molecule has 0 aromatic carbocycles. The molecule has 2 rings (SSSR count). The standard InChI is InChI=1S/C14H22BrN3/c1-11(2)16-9-14-4-3-7-18(14)10-13-6-5-12(15)8-17-13/h5-6,8,11,14,16H,3-4,7,9-10H2,1-2H3. The van der Waals surface area contributed by atoms with Gasteiger partial charge in [-0.25, -0.2) is 0 Å². The predicted octanol–water partition coefficient (Wildman–Crippen LogP) is 2.81. The SMILES string of the molecule is CC(C)NCC1CCCN1Cc1ccc(Br)cn1. The number of nitrogens with zero attached hydrogens (tertiary/aromatic N) is 2. The van der Waals surface area contributed by atoms with E-state index in [9.17, 15) is 0 Å². The molecule has 1 fully saturated rings. The van der Waals surface area contributed by atoms with Crippen LogP contribution in [0.1, 0.15) is 32.4 Å². The summed E-state index contributed by atoms with van der Waals surface area (Å²) in [7, 11) is 0. The highest BCUT2D eigenvalue weighted by Crippen LogP contribution is 2.19. The second-order valence-electron chi connectivity index (χ2n) is 5.30. The number of likely N-dealkylation sites (tertiary alicyclic amines) is 1. The van der Waals surface area contributed by atoms with Crippen molar-refractivity contribution >= 4 is 15.9 Å². The maximum atomic E-state index is 4.46. The fraction of sp³-hybridized carbons (Fsp3) is 0.643. The lowest BCUT2D eigenvalue weighted by Crippen LogP contribution is -2.39. The molecule has 2 heterocycles. The van der Waals surface area contributed by atoms with Crippen molar-refractivity contribution in [3.8, 4) is 0 Å². The Labute approximate surface area is 118 Å². The molecule has 4 heteroatoms. The lowest BCUT2D eigenvalue weighted by molar-refractivity contribution is 0.233. The van der Waals surface area contributed by atoms with Crippen LogP contribution < -0.4 is 5.32 Å². The monoisotopic (exact) mass is 311 g/mol. The molecule has 1 aromatic heterocycles. The van der Waals surface area contributed by atoms with Crippen molar-refractivity contribution in [3.05, 3.63) is 28.5 Å². The molecule has 1 aliphatic rings. The highest BCUT2D eigenvalue weighted by Gasteiger charge is 2.24. The molecular formula is C14H22BrN3. The van der Waals surface area contributed by atoms with Crippen LogP contribution in [0.25, 0.3) is 0 Å².